The Bertz CT molecular complexity index is 894. The largest absolute Gasteiger partial charge is 0.330 e. The van der Waals surface area contributed by atoms with Gasteiger partial charge in [-0.3, -0.25) is 4.99 Å². The van der Waals surface area contributed by atoms with Gasteiger partial charge >= 0.3 is 0 Å². The lowest BCUT2D eigenvalue weighted by atomic mass is 9.83. The van der Waals surface area contributed by atoms with Crippen molar-refractivity contribution in [2.45, 2.75) is 32.6 Å². The molecule has 1 aliphatic heterocycles. The molecule has 0 amide bonds. The second kappa shape index (κ2) is 8.02. The maximum absolute atomic E-state index is 4.51. The van der Waals surface area contributed by atoms with E-state index in [1.54, 1.807) is 0 Å². The fourth-order valence-electron chi connectivity index (χ4n) is 4.22. The maximum atomic E-state index is 4.51. The molecule has 1 heterocycles. The summed E-state index contributed by atoms with van der Waals surface area (Å²) >= 11 is 0. The van der Waals surface area contributed by atoms with Gasteiger partial charge in [-0.15, -0.1) is 0 Å². The third-order valence-electron chi connectivity index (χ3n) is 5.82. The Kier molecular flexibility index (Phi) is 5.29. The molecule has 0 N–H and O–H groups in total. The van der Waals surface area contributed by atoms with Crippen LogP contribution in [-0.2, 0) is 0 Å². The highest BCUT2D eigenvalue weighted by Gasteiger charge is 2.25. The summed E-state index contributed by atoms with van der Waals surface area (Å²) in [5.41, 5.74) is 8.12. The van der Waals surface area contributed by atoms with Crippen LogP contribution in [0.15, 0.2) is 77.8 Å². The number of benzene rings is 3. The molecule has 0 fully saturated rings. The molecule has 2 nitrogen and oxygen atoms in total. The summed E-state index contributed by atoms with van der Waals surface area (Å²) in [6, 6.07) is 26.3. The van der Waals surface area contributed by atoms with Gasteiger partial charge in [0.1, 0.15) is 0 Å². The van der Waals surface area contributed by atoms with E-state index in [1.807, 2.05) is 6.34 Å². The minimum Gasteiger partial charge on any atom is -0.330 e. The molecule has 142 valence electrons. The van der Waals surface area contributed by atoms with Crippen LogP contribution in [0.5, 0.6) is 0 Å². The van der Waals surface area contributed by atoms with Crippen molar-refractivity contribution >= 4 is 12.0 Å². The number of nitrogens with zero attached hydrogens (tertiary/aromatic N) is 2. The van der Waals surface area contributed by atoms with Crippen LogP contribution in [-0.4, -0.2) is 19.4 Å². The number of aryl methyl sites for hydroxylation is 1. The van der Waals surface area contributed by atoms with E-state index in [1.165, 1.54) is 33.5 Å². The lowest BCUT2D eigenvalue weighted by molar-refractivity contribution is 0.868. The molecule has 1 aliphatic rings. The summed E-state index contributed by atoms with van der Waals surface area (Å²) < 4.78 is 0. The van der Waals surface area contributed by atoms with E-state index in [4.69, 9.17) is 0 Å². The standard InChI is InChI=1S/C26H28N2/c1-19-16-24(20(2)22-10-6-4-7-11-22)26(28-15-14-27-18-28)25(17-19)21(3)23-12-8-5-9-13-23/h4-13,16-18,20-21H,14-15H2,1-3H3. The van der Waals surface area contributed by atoms with Crippen LogP contribution in [0, 0.1) is 6.92 Å². The fourth-order valence-corrected chi connectivity index (χ4v) is 4.22. The molecule has 2 atom stereocenters. The molecule has 0 aliphatic carbocycles. The smallest absolute Gasteiger partial charge is 0.0895 e. The van der Waals surface area contributed by atoms with Crippen LogP contribution in [0.1, 0.15) is 53.5 Å². The van der Waals surface area contributed by atoms with Crippen LogP contribution in [0.4, 0.5) is 5.69 Å². The summed E-state index contributed by atoms with van der Waals surface area (Å²) in [4.78, 5) is 6.86. The second-order valence-corrected chi connectivity index (χ2v) is 7.77. The van der Waals surface area contributed by atoms with E-state index in [-0.39, 0.29) is 0 Å². The van der Waals surface area contributed by atoms with Crippen molar-refractivity contribution in [1.29, 1.82) is 0 Å². The van der Waals surface area contributed by atoms with Crippen molar-refractivity contribution in [3.63, 3.8) is 0 Å². The van der Waals surface area contributed by atoms with Gasteiger partial charge in [0.25, 0.3) is 0 Å². The minimum absolute atomic E-state index is 0.326. The summed E-state index contributed by atoms with van der Waals surface area (Å²) in [6.45, 7) is 8.66. The summed E-state index contributed by atoms with van der Waals surface area (Å²) in [6.07, 6.45) is 2.02. The molecule has 3 aromatic carbocycles. The first-order valence-electron chi connectivity index (χ1n) is 10.2. The summed E-state index contributed by atoms with van der Waals surface area (Å²) in [5.74, 6) is 0.652. The average Bonchev–Trinajstić information content (AvgIpc) is 3.27. The molecule has 28 heavy (non-hydrogen) atoms. The van der Waals surface area contributed by atoms with Crippen molar-refractivity contribution < 1.29 is 0 Å². The SMILES string of the molecule is Cc1cc(C(C)c2ccccc2)c(N2C=NCC2)c(C(C)c2ccccc2)c1. The zero-order chi connectivity index (χ0) is 19.5. The Morgan fingerprint density at radius 3 is 1.71 bits per heavy atom. The van der Waals surface area contributed by atoms with Crippen LogP contribution in [0.25, 0.3) is 0 Å². The Hall–Kier alpha value is -2.87. The van der Waals surface area contributed by atoms with Gasteiger partial charge in [-0.2, -0.15) is 0 Å². The van der Waals surface area contributed by atoms with Crippen molar-refractivity contribution in [3.05, 3.63) is 101 Å². The maximum Gasteiger partial charge on any atom is 0.0895 e. The number of rotatable bonds is 5. The highest BCUT2D eigenvalue weighted by molar-refractivity contribution is 5.85. The van der Waals surface area contributed by atoms with E-state index < -0.39 is 0 Å². The molecule has 0 saturated carbocycles. The monoisotopic (exact) mass is 368 g/mol. The van der Waals surface area contributed by atoms with E-state index in [0.29, 0.717) is 11.8 Å². The van der Waals surface area contributed by atoms with Crippen molar-refractivity contribution in [2.75, 3.05) is 18.0 Å². The van der Waals surface area contributed by atoms with Crippen LogP contribution < -0.4 is 4.90 Å². The van der Waals surface area contributed by atoms with Crippen molar-refractivity contribution in [2.24, 2.45) is 4.99 Å². The van der Waals surface area contributed by atoms with Crippen molar-refractivity contribution in [3.8, 4) is 0 Å². The number of anilines is 1. The number of hydrogen-bond acceptors (Lipinski definition) is 2. The Morgan fingerprint density at radius 1 is 0.786 bits per heavy atom. The summed E-state index contributed by atoms with van der Waals surface area (Å²) in [5, 5.41) is 0. The lowest BCUT2D eigenvalue weighted by Crippen LogP contribution is -2.23. The molecule has 2 heteroatoms. The molecular formula is C26H28N2. The molecule has 4 rings (SSSR count). The van der Waals surface area contributed by atoms with E-state index in [0.717, 1.165) is 13.1 Å². The zero-order valence-corrected chi connectivity index (χ0v) is 17.0. The fraction of sp³-hybridized carbons (Fsp3) is 0.269. The van der Waals surface area contributed by atoms with Crippen molar-refractivity contribution in [1.82, 2.24) is 0 Å². The molecule has 0 saturated heterocycles. The molecule has 3 aromatic rings. The molecule has 0 spiro atoms. The Labute approximate surface area is 168 Å². The van der Waals surface area contributed by atoms with Gasteiger partial charge in [-0.25, -0.2) is 0 Å². The number of aliphatic imine (C=N–C) groups is 1. The third-order valence-corrected chi connectivity index (χ3v) is 5.82. The topological polar surface area (TPSA) is 15.6 Å². The van der Waals surface area contributed by atoms with Crippen LogP contribution in [0.2, 0.25) is 0 Å². The molecule has 0 aromatic heterocycles. The number of hydrogen-bond donors (Lipinski definition) is 0. The Morgan fingerprint density at radius 2 is 1.29 bits per heavy atom. The highest BCUT2D eigenvalue weighted by atomic mass is 15.2. The molecule has 2 unspecified atom stereocenters. The van der Waals surface area contributed by atoms with E-state index in [9.17, 15) is 0 Å². The van der Waals surface area contributed by atoms with Gasteiger partial charge in [-0.1, -0.05) is 92.2 Å². The predicted octanol–water partition coefficient (Wildman–Crippen LogP) is 6.15. The second-order valence-electron chi connectivity index (χ2n) is 7.77. The minimum atomic E-state index is 0.326. The van der Waals surface area contributed by atoms with Gasteiger partial charge in [-0.05, 0) is 29.2 Å². The average molecular weight is 369 g/mol. The van der Waals surface area contributed by atoms with Crippen LogP contribution in [0.3, 0.4) is 0 Å². The Balaban J connectivity index is 1.88. The zero-order valence-electron chi connectivity index (χ0n) is 17.0. The summed E-state index contributed by atoms with van der Waals surface area (Å²) in [7, 11) is 0. The molecular weight excluding hydrogens is 340 g/mol. The normalized spacial score (nSPS) is 15.6. The van der Waals surface area contributed by atoms with E-state index >= 15 is 0 Å². The first-order chi connectivity index (χ1) is 13.6. The lowest BCUT2D eigenvalue weighted by Gasteiger charge is -2.29. The van der Waals surface area contributed by atoms with Gasteiger partial charge in [0.2, 0.25) is 0 Å². The first kappa shape index (κ1) is 18.5. The van der Waals surface area contributed by atoms with Crippen LogP contribution >= 0.6 is 0 Å². The first-order valence-corrected chi connectivity index (χ1v) is 10.2. The van der Waals surface area contributed by atoms with Gasteiger partial charge in [0, 0.05) is 24.1 Å². The molecule has 0 bridgehead atoms. The quantitative estimate of drug-likeness (QED) is 0.527. The van der Waals surface area contributed by atoms with Gasteiger partial charge in [0.05, 0.1) is 12.9 Å². The van der Waals surface area contributed by atoms with Gasteiger partial charge < -0.3 is 4.90 Å². The predicted molar refractivity (Wildman–Crippen MR) is 120 cm³/mol. The van der Waals surface area contributed by atoms with Gasteiger partial charge in [0.15, 0.2) is 0 Å². The van der Waals surface area contributed by atoms with E-state index in [2.05, 4.69) is 103 Å². The molecule has 0 radical (unpaired) electrons. The highest BCUT2D eigenvalue weighted by Crippen LogP contribution is 2.41. The third kappa shape index (κ3) is 3.60.